The number of aromatic nitrogens is 2. The normalized spacial score (nSPS) is 10.7. The summed E-state index contributed by atoms with van der Waals surface area (Å²) in [5.41, 5.74) is 2.63. The molecule has 0 amide bonds. The van der Waals surface area contributed by atoms with Crippen molar-refractivity contribution in [2.45, 2.75) is 0 Å². The number of benzene rings is 2. The Bertz CT molecular complexity index is 793. The van der Waals surface area contributed by atoms with E-state index in [-0.39, 0.29) is 5.56 Å². The Hall–Kier alpha value is -2.82. The highest BCUT2D eigenvalue weighted by Gasteiger charge is 2.09. The largest absolute Gasteiger partial charge is 0.497 e. The third kappa shape index (κ3) is 2.09. The van der Waals surface area contributed by atoms with Crippen molar-refractivity contribution in [1.29, 1.82) is 0 Å². The fraction of sp³-hybridized carbons (Fsp3) is 0.0667. The zero-order valence-electron chi connectivity index (χ0n) is 10.8. The maximum absolute atomic E-state index is 11.0. The maximum Gasteiger partial charge on any atom is 0.335 e. The van der Waals surface area contributed by atoms with Gasteiger partial charge >= 0.3 is 5.97 Å². The van der Waals surface area contributed by atoms with Crippen molar-refractivity contribution in [2.75, 3.05) is 7.11 Å². The monoisotopic (exact) mass is 268 g/mol. The van der Waals surface area contributed by atoms with E-state index in [4.69, 9.17) is 9.84 Å². The molecule has 0 aliphatic rings. The number of hydrogen-bond acceptors (Lipinski definition) is 3. The van der Waals surface area contributed by atoms with Gasteiger partial charge in [-0.1, -0.05) is 12.1 Å². The molecule has 5 heteroatoms. The highest BCUT2D eigenvalue weighted by molar-refractivity contribution is 5.89. The van der Waals surface area contributed by atoms with Crippen molar-refractivity contribution in [1.82, 2.24) is 9.97 Å². The molecule has 0 atom stereocenters. The molecule has 3 rings (SSSR count). The number of H-pyrrole nitrogens is 1. The predicted molar refractivity (Wildman–Crippen MR) is 75.0 cm³/mol. The zero-order valence-corrected chi connectivity index (χ0v) is 10.8. The third-order valence-electron chi connectivity index (χ3n) is 3.07. The molecule has 0 bridgehead atoms. The van der Waals surface area contributed by atoms with Crippen LogP contribution in [0.3, 0.4) is 0 Å². The van der Waals surface area contributed by atoms with E-state index in [1.807, 2.05) is 24.3 Å². The Morgan fingerprint density at radius 1 is 1.25 bits per heavy atom. The quantitative estimate of drug-likeness (QED) is 0.765. The first-order chi connectivity index (χ1) is 9.67. The lowest BCUT2D eigenvalue weighted by atomic mass is 10.1. The van der Waals surface area contributed by atoms with Crippen LogP contribution in [0.1, 0.15) is 10.4 Å². The van der Waals surface area contributed by atoms with Crippen molar-refractivity contribution in [2.24, 2.45) is 0 Å². The van der Waals surface area contributed by atoms with Crippen LogP contribution in [0.2, 0.25) is 0 Å². The minimum atomic E-state index is -0.954. The first-order valence-corrected chi connectivity index (χ1v) is 6.05. The lowest BCUT2D eigenvalue weighted by Gasteiger charge is -1.98. The smallest absolute Gasteiger partial charge is 0.335 e. The number of ether oxygens (including phenoxy) is 1. The van der Waals surface area contributed by atoms with Gasteiger partial charge in [-0.05, 0) is 24.3 Å². The standard InChI is InChI=1S/C15H12N2O3/c1-20-11-5-6-12-13(8-11)17-14(16-12)9-3-2-4-10(7-9)15(18)19/h2-8H,1H3,(H,16,17)(H,18,19). The number of carbonyl (C=O) groups is 1. The number of nitrogens with zero attached hydrogens (tertiary/aromatic N) is 1. The second-order valence-electron chi connectivity index (χ2n) is 4.35. The lowest BCUT2D eigenvalue weighted by molar-refractivity contribution is 0.0697. The number of aromatic carboxylic acids is 1. The fourth-order valence-corrected chi connectivity index (χ4v) is 2.05. The van der Waals surface area contributed by atoms with Gasteiger partial charge in [0.15, 0.2) is 0 Å². The Kier molecular flexibility index (Phi) is 2.87. The van der Waals surface area contributed by atoms with Gasteiger partial charge in [-0.25, -0.2) is 9.78 Å². The highest BCUT2D eigenvalue weighted by Crippen LogP contribution is 2.24. The molecule has 0 fully saturated rings. The van der Waals surface area contributed by atoms with Gasteiger partial charge in [0.2, 0.25) is 0 Å². The van der Waals surface area contributed by atoms with Crippen LogP contribution in [0, 0.1) is 0 Å². The van der Waals surface area contributed by atoms with Crippen LogP contribution in [0.5, 0.6) is 5.75 Å². The molecule has 0 aliphatic carbocycles. The molecule has 1 aromatic heterocycles. The number of aromatic amines is 1. The van der Waals surface area contributed by atoms with Gasteiger partial charge < -0.3 is 14.8 Å². The van der Waals surface area contributed by atoms with Gasteiger partial charge in [0, 0.05) is 11.6 Å². The minimum Gasteiger partial charge on any atom is -0.497 e. The van der Waals surface area contributed by atoms with E-state index >= 15 is 0 Å². The third-order valence-corrected chi connectivity index (χ3v) is 3.07. The van der Waals surface area contributed by atoms with Crippen LogP contribution in [0.4, 0.5) is 0 Å². The molecule has 3 aromatic rings. The van der Waals surface area contributed by atoms with Gasteiger partial charge in [-0.2, -0.15) is 0 Å². The summed E-state index contributed by atoms with van der Waals surface area (Å²) in [6, 6.07) is 12.2. The van der Waals surface area contributed by atoms with Crippen LogP contribution < -0.4 is 4.74 Å². The lowest BCUT2D eigenvalue weighted by Crippen LogP contribution is -1.95. The maximum atomic E-state index is 11.0. The van der Waals surface area contributed by atoms with E-state index in [0.29, 0.717) is 5.82 Å². The second kappa shape index (κ2) is 4.70. The first kappa shape index (κ1) is 12.2. The van der Waals surface area contributed by atoms with Gasteiger partial charge in [-0.15, -0.1) is 0 Å². The van der Waals surface area contributed by atoms with E-state index in [0.717, 1.165) is 22.3 Å². The predicted octanol–water partition coefficient (Wildman–Crippen LogP) is 2.94. The summed E-state index contributed by atoms with van der Waals surface area (Å²) in [5, 5.41) is 9.02. The molecule has 0 unspecified atom stereocenters. The van der Waals surface area contributed by atoms with Crippen LogP contribution in [0.25, 0.3) is 22.4 Å². The highest BCUT2D eigenvalue weighted by atomic mass is 16.5. The van der Waals surface area contributed by atoms with E-state index in [2.05, 4.69) is 9.97 Å². The molecule has 0 radical (unpaired) electrons. The van der Waals surface area contributed by atoms with Gasteiger partial charge in [0.25, 0.3) is 0 Å². The number of rotatable bonds is 3. The fourth-order valence-electron chi connectivity index (χ4n) is 2.05. The molecule has 2 N–H and O–H groups in total. The van der Waals surface area contributed by atoms with Crippen molar-refractivity contribution < 1.29 is 14.6 Å². The average molecular weight is 268 g/mol. The van der Waals surface area contributed by atoms with Crippen molar-refractivity contribution in [3.8, 4) is 17.1 Å². The summed E-state index contributed by atoms with van der Waals surface area (Å²) in [6.45, 7) is 0. The molecular formula is C15H12N2O3. The Morgan fingerprint density at radius 3 is 2.85 bits per heavy atom. The summed E-state index contributed by atoms with van der Waals surface area (Å²) in [4.78, 5) is 18.6. The molecule has 100 valence electrons. The number of carboxylic acid groups (broad SMARTS) is 1. The van der Waals surface area contributed by atoms with Gasteiger partial charge in [0.1, 0.15) is 11.6 Å². The van der Waals surface area contributed by atoms with Gasteiger partial charge in [-0.3, -0.25) is 0 Å². The van der Waals surface area contributed by atoms with Crippen molar-refractivity contribution >= 4 is 17.0 Å². The summed E-state index contributed by atoms with van der Waals surface area (Å²) < 4.78 is 5.16. The zero-order chi connectivity index (χ0) is 14.1. The van der Waals surface area contributed by atoms with Crippen LogP contribution in [-0.4, -0.2) is 28.2 Å². The first-order valence-electron chi connectivity index (χ1n) is 6.05. The SMILES string of the molecule is COc1ccc2nc(-c3cccc(C(=O)O)c3)[nH]c2c1. The van der Waals surface area contributed by atoms with Crippen molar-refractivity contribution in [3.63, 3.8) is 0 Å². The minimum absolute atomic E-state index is 0.237. The Balaban J connectivity index is 2.10. The average Bonchev–Trinajstić information content (AvgIpc) is 2.90. The Morgan fingerprint density at radius 2 is 2.10 bits per heavy atom. The number of methoxy groups -OCH3 is 1. The molecule has 20 heavy (non-hydrogen) atoms. The molecule has 5 nitrogen and oxygen atoms in total. The van der Waals surface area contributed by atoms with E-state index < -0.39 is 5.97 Å². The van der Waals surface area contributed by atoms with Crippen LogP contribution >= 0.6 is 0 Å². The number of nitrogens with one attached hydrogen (secondary N) is 1. The summed E-state index contributed by atoms with van der Waals surface area (Å²) in [6.07, 6.45) is 0. The topological polar surface area (TPSA) is 75.2 Å². The molecule has 1 heterocycles. The number of carboxylic acids is 1. The molecular weight excluding hydrogens is 256 g/mol. The van der Waals surface area contributed by atoms with Crippen LogP contribution in [-0.2, 0) is 0 Å². The summed E-state index contributed by atoms with van der Waals surface area (Å²) in [7, 11) is 1.61. The Labute approximate surface area is 114 Å². The van der Waals surface area contributed by atoms with E-state index in [1.54, 1.807) is 25.3 Å². The number of hydrogen-bond donors (Lipinski definition) is 2. The van der Waals surface area contributed by atoms with E-state index in [9.17, 15) is 4.79 Å². The number of imidazole rings is 1. The molecule has 0 saturated carbocycles. The van der Waals surface area contributed by atoms with Crippen molar-refractivity contribution in [3.05, 3.63) is 48.0 Å². The molecule has 0 spiro atoms. The van der Waals surface area contributed by atoms with E-state index in [1.165, 1.54) is 0 Å². The molecule has 0 saturated heterocycles. The van der Waals surface area contributed by atoms with Crippen LogP contribution in [0.15, 0.2) is 42.5 Å². The second-order valence-corrected chi connectivity index (χ2v) is 4.35. The summed E-state index contributed by atoms with van der Waals surface area (Å²) >= 11 is 0. The van der Waals surface area contributed by atoms with Gasteiger partial charge in [0.05, 0.1) is 23.7 Å². The summed E-state index contributed by atoms with van der Waals surface area (Å²) in [5.74, 6) is 0.424. The molecule has 2 aromatic carbocycles. The molecule has 0 aliphatic heterocycles. The number of fused-ring (bicyclic) bond motifs is 1.